The Labute approximate surface area is 148 Å². The number of benzene rings is 2. The summed E-state index contributed by atoms with van der Waals surface area (Å²) >= 11 is 0. The van der Waals surface area contributed by atoms with Gasteiger partial charge in [-0.1, -0.05) is 48.5 Å². The molecule has 0 aliphatic heterocycles. The van der Waals surface area contributed by atoms with Crippen LogP contribution in [0.5, 0.6) is 0 Å². The van der Waals surface area contributed by atoms with Crippen LogP contribution in [0.15, 0.2) is 65.7 Å². The largest absolute Gasteiger partial charge is 0.274 e. The highest BCUT2D eigenvalue weighted by Crippen LogP contribution is 2.31. The highest BCUT2D eigenvalue weighted by Gasteiger charge is 2.30. The van der Waals surface area contributed by atoms with E-state index < -0.39 is 10.0 Å². The van der Waals surface area contributed by atoms with Crippen molar-refractivity contribution in [3.8, 4) is 11.3 Å². The molecule has 0 radical (unpaired) electrons. The Bertz CT molecular complexity index is 979. The molecule has 0 N–H and O–H groups in total. The lowest BCUT2D eigenvalue weighted by molar-refractivity contribution is 0.592. The van der Waals surface area contributed by atoms with E-state index in [0.717, 1.165) is 11.1 Å². The quantitative estimate of drug-likeness (QED) is 0.702. The molecule has 3 rings (SSSR count). The summed E-state index contributed by atoms with van der Waals surface area (Å²) in [6, 6.07) is 16.9. The van der Waals surface area contributed by atoms with Gasteiger partial charge in [0.2, 0.25) is 0 Å². The average molecular weight is 355 g/mol. The SMILES string of the molecule is CCN(c1ccccc1C)S(=O)(=O)c1cn(C)nc1-c1ccccc1. The van der Waals surface area contributed by atoms with E-state index in [1.54, 1.807) is 17.9 Å². The predicted molar refractivity (Wildman–Crippen MR) is 100 cm³/mol. The fourth-order valence-corrected chi connectivity index (χ4v) is 4.61. The first-order chi connectivity index (χ1) is 11.9. The Balaban J connectivity index is 2.17. The first-order valence-electron chi connectivity index (χ1n) is 8.12. The van der Waals surface area contributed by atoms with Crippen molar-refractivity contribution in [2.75, 3.05) is 10.8 Å². The van der Waals surface area contributed by atoms with Crippen LogP contribution in [0, 0.1) is 6.92 Å². The molecule has 130 valence electrons. The maximum absolute atomic E-state index is 13.4. The average Bonchev–Trinajstić information content (AvgIpc) is 3.01. The number of aryl methyl sites for hydroxylation is 2. The van der Waals surface area contributed by atoms with Crippen LogP contribution in [0.4, 0.5) is 5.69 Å². The van der Waals surface area contributed by atoms with E-state index in [9.17, 15) is 8.42 Å². The molecule has 0 saturated carbocycles. The Morgan fingerprint density at radius 2 is 1.68 bits per heavy atom. The minimum Gasteiger partial charge on any atom is -0.274 e. The van der Waals surface area contributed by atoms with Crippen molar-refractivity contribution in [1.82, 2.24) is 9.78 Å². The van der Waals surface area contributed by atoms with Crippen LogP contribution >= 0.6 is 0 Å². The molecule has 0 bridgehead atoms. The zero-order chi connectivity index (χ0) is 18.0. The van der Waals surface area contributed by atoms with Crippen LogP contribution in [0.25, 0.3) is 11.3 Å². The molecule has 3 aromatic rings. The van der Waals surface area contributed by atoms with Gasteiger partial charge in [-0.3, -0.25) is 8.99 Å². The van der Waals surface area contributed by atoms with Crippen molar-refractivity contribution < 1.29 is 8.42 Å². The van der Waals surface area contributed by atoms with Crippen molar-refractivity contribution in [2.45, 2.75) is 18.7 Å². The van der Waals surface area contributed by atoms with Crippen molar-refractivity contribution in [3.63, 3.8) is 0 Å². The van der Waals surface area contributed by atoms with Crippen LogP contribution in [-0.2, 0) is 17.1 Å². The summed E-state index contributed by atoms with van der Waals surface area (Å²) in [5, 5.41) is 4.39. The third-order valence-electron chi connectivity index (χ3n) is 4.08. The minimum absolute atomic E-state index is 0.214. The molecule has 0 aliphatic rings. The van der Waals surface area contributed by atoms with Crippen molar-refractivity contribution in [2.24, 2.45) is 7.05 Å². The van der Waals surface area contributed by atoms with E-state index in [4.69, 9.17) is 0 Å². The van der Waals surface area contributed by atoms with E-state index in [1.165, 1.54) is 4.31 Å². The van der Waals surface area contributed by atoms with E-state index in [-0.39, 0.29) is 4.90 Å². The number of hydrogen-bond acceptors (Lipinski definition) is 3. The predicted octanol–water partition coefficient (Wildman–Crippen LogP) is 3.61. The number of para-hydroxylation sites is 1. The van der Waals surface area contributed by atoms with Gasteiger partial charge in [-0.05, 0) is 25.5 Å². The molecule has 0 spiro atoms. The third-order valence-corrected chi connectivity index (χ3v) is 5.97. The second-order valence-electron chi connectivity index (χ2n) is 5.84. The third kappa shape index (κ3) is 3.17. The summed E-state index contributed by atoms with van der Waals surface area (Å²) in [6.07, 6.45) is 1.57. The highest BCUT2D eigenvalue weighted by atomic mass is 32.2. The number of anilines is 1. The molecule has 0 amide bonds. The Morgan fingerprint density at radius 1 is 1.04 bits per heavy atom. The lowest BCUT2D eigenvalue weighted by Gasteiger charge is -2.24. The topological polar surface area (TPSA) is 55.2 Å². The molecule has 2 aromatic carbocycles. The van der Waals surface area contributed by atoms with Crippen LogP contribution < -0.4 is 4.31 Å². The van der Waals surface area contributed by atoms with Gasteiger partial charge in [0.25, 0.3) is 10.0 Å². The summed E-state index contributed by atoms with van der Waals surface area (Å²) in [4.78, 5) is 0.214. The van der Waals surface area contributed by atoms with Gasteiger partial charge < -0.3 is 0 Å². The lowest BCUT2D eigenvalue weighted by atomic mass is 10.2. The van der Waals surface area contributed by atoms with Crippen LogP contribution in [0.2, 0.25) is 0 Å². The Hall–Kier alpha value is -2.60. The van der Waals surface area contributed by atoms with E-state index in [2.05, 4.69) is 5.10 Å². The number of sulfonamides is 1. The van der Waals surface area contributed by atoms with Crippen LogP contribution in [-0.4, -0.2) is 24.7 Å². The van der Waals surface area contributed by atoms with Gasteiger partial charge in [0, 0.05) is 25.4 Å². The van der Waals surface area contributed by atoms with E-state index in [1.807, 2.05) is 68.4 Å². The first-order valence-corrected chi connectivity index (χ1v) is 9.56. The summed E-state index contributed by atoms with van der Waals surface area (Å²) in [5.41, 5.74) is 2.85. The maximum Gasteiger partial charge on any atom is 0.268 e. The molecule has 0 saturated heterocycles. The molecular formula is C19H21N3O2S. The van der Waals surface area contributed by atoms with Gasteiger partial charge in [-0.25, -0.2) is 8.42 Å². The molecule has 0 aliphatic carbocycles. The highest BCUT2D eigenvalue weighted by molar-refractivity contribution is 7.93. The van der Waals surface area contributed by atoms with Crippen molar-refractivity contribution in [1.29, 1.82) is 0 Å². The van der Waals surface area contributed by atoms with Gasteiger partial charge in [0.1, 0.15) is 10.6 Å². The minimum atomic E-state index is -3.73. The van der Waals surface area contributed by atoms with Crippen LogP contribution in [0.3, 0.4) is 0 Å². The number of nitrogens with zero attached hydrogens (tertiary/aromatic N) is 3. The molecule has 0 unspecified atom stereocenters. The summed E-state index contributed by atoms with van der Waals surface area (Å²) in [6.45, 7) is 4.09. The Kier molecular flexibility index (Phi) is 4.63. The summed E-state index contributed by atoms with van der Waals surface area (Å²) in [5.74, 6) is 0. The fraction of sp³-hybridized carbons (Fsp3) is 0.211. The van der Waals surface area contributed by atoms with Gasteiger partial charge in [-0.15, -0.1) is 0 Å². The molecule has 1 aromatic heterocycles. The normalized spacial score (nSPS) is 11.5. The summed E-state index contributed by atoms with van der Waals surface area (Å²) < 4.78 is 29.8. The smallest absolute Gasteiger partial charge is 0.268 e. The summed E-state index contributed by atoms with van der Waals surface area (Å²) in [7, 11) is -2.00. The molecule has 25 heavy (non-hydrogen) atoms. The molecule has 6 heteroatoms. The van der Waals surface area contributed by atoms with E-state index in [0.29, 0.717) is 17.9 Å². The maximum atomic E-state index is 13.4. The van der Waals surface area contributed by atoms with Crippen LogP contribution in [0.1, 0.15) is 12.5 Å². The monoisotopic (exact) mass is 355 g/mol. The first kappa shape index (κ1) is 17.2. The number of rotatable bonds is 5. The van der Waals surface area contributed by atoms with Gasteiger partial charge >= 0.3 is 0 Å². The van der Waals surface area contributed by atoms with Crippen molar-refractivity contribution in [3.05, 3.63) is 66.4 Å². The number of hydrogen-bond donors (Lipinski definition) is 0. The molecule has 5 nitrogen and oxygen atoms in total. The standard InChI is InChI=1S/C19H21N3O2S/c1-4-22(17-13-9-8-10-15(17)2)25(23,24)18-14-21(3)20-19(18)16-11-6-5-7-12-16/h5-14H,4H2,1-3H3. The second kappa shape index (κ2) is 6.72. The number of aromatic nitrogens is 2. The molecule has 0 fully saturated rings. The van der Waals surface area contributed by atoms with E-state index >= 15 is 0 Å². The fourth-order valence-electron chi connectivity index (χ4n) is 2.88. The zero-order valence-electron chi connectivity index (χ0n) is 14.5. The lowest BCUT2D eigenvalue weighted by Crippen LogP contribution is -2.31. The van der Waals surface area contributed by atoms with Gasteiger partial charge in [0.05, 0.1) is 5.69 Å². The van der Waals surface area contributed by atoms with Gasteiger partial charge in [0.15, 0.2) is 0 Å². The molecular weight excluding hydrogens is 334 g/mol. The second-order valence-corrected chi connectivity index (χ2v) is 7.67. The molecule has 1 heterocycles. The molecule has 0 atom stereocenters. The van der Waals surface area contributed by atoms with Gasteiger partial charge in [-0.2, -0.15) is 5.10 Å². The Morgan fingerprint density at radius 3 is 2.32 bits per heavy atom. The zero-order valence-corrected chi connectivity index (χ0v) is 15.4. The van der Waals surface area contributed by atoms with Crippen molar-refractivity contribution >= 4 is 15.7 Å².